The van der Waals surface area contributed by atoms with Crippen LogP contribution in [0, 0.1) is 0 Å². The van der Waals surface area contributed by atoms with Gasteiger partial charge in [0.1, 0.15) is 18.3 Å². The van der Waals surface area contributed by atoms with Gasteiger partial charge in [-0.25, -0.2) is 8.42 Å². The second-order valence-corrected chi connectivity index (χ2v) is 11.7. The van der Waals surface area contributed by atoms with Gasteiger partial charge in [-0.2, -0.15) is 0 Å². The molecule has 40 heavy (non-hydrogen) atoms. The van der Waals surface area contributed by atoms with E-state index in [9.17, 15) is 18.0 Å². The Morgan fingerprint density at radius 3 is 2.12 bits per heavy atom. The molecule has 3 rings (SSSR count). The van der Waals surface area contributed by atoms with E-state index in [1.54, 1.807) is 24.3 Å². The molecule has 10 heteroatoms. The topological polar surface area (TPSA) is 96.0 Å². The van der Waals surface area contributed by atoms with Gasteiger partial charge in [0.05, 0.1) is 22.7 Å². The van der Waals surface area contributed by atoms with Gasteiger partial charge in [-0.3, -0.25) is 13.9 Å². The van der Waals surface area contributed by atoms with Crippen LogP contribution < -0.4 is 14.4 Å². The Morgan fingerprint density at radius 1 is 0.950 bits per heavy atom. The molecule has 3 aromatic carbocycles. The van der Waals surface area contributed by atoms with E-state index in [-0.39, 0.29) is 34.1 Å². The van der Waals surface area contributed by atoms with Crippen molar-refractivity contribution >= 4 is 39.1 Å². The van der Waals surface area contributed by atoms with Gasteiger partial charge in [-0.1, -0.05) is 74.0 Å². The molecule has 0 aliphatic carbocycles. The predicted octanol–water partition coefficient (Wildman–Crippen LogP) is 5.27. The molecule has 0 bridgehead atoms. The molecule has 0 aromatic heterocycles. The van der Waals surface area contributed by atoms with Crippen molar-refractivity contribution in [2.75, 3.05) is 18.0 Å². The van der Waals surface area contributed by atoms with E-state index in [4.69, 9.17) is 16.3 Å². The maximum Gasteiger partial charge on any atom is 0.264 e. The smallest absolute Gasteiger partial charge is 0.264 e. The lowest BCUT2D eigenvalue weighted by molar-refractivity contribution is -0.140. The summed E-state index contributed by atoms with van der Waals surface area (Å²) in [5.74, 6) is -0.445. The van der Waals surface area contributed by atoms with E-state index in [0.29, 0.717) is 12.2 Å². The van der Waals surface area contributed by atoms with Crippen molar-refractivity contribution < 1.29 is 22.7 Å². The molecule has 1 N–H and O–H groups in total. The lowest BCUT2D eigenvalue weighted by Gasteiger charge is -2.33. The number of hydrogen-bond donors (Lipinski definition) is 1. The monoisotopic (exact) mass is 585 g/mol. The van der Waals surface area contributed by atoms with E-state index < -0.39 is 28.5 Å². The largest absolute Gasteiger partial charge is 0.495 e. The molecule has 0 saturated carbocycles. The van der Waals surface area contributed by atoms with Crippen LogP contribution in [0.2, 0.25) is 5.02 Å². The summed E-state index contributed by atoms with van der Waals surface area (Å²) in [6.45, 7) is 5.28. The summed E-state index contributed by atoms with van der Waals surface area (Å²) >= 11 is 6.36. The first-order valence-corrected chi connectivity index (χ1v) is 15.0. The van der Waals surface area contributed by atoms with E-state index in [1.165, 1.54) is 36.3 Å². The van der Waals surface area contributed by atoms with Gasteiger partial charge in [0.15, 0.2) is 0 Å². The predicted molar refractivity (Wildman–Crippen MR) is 158 cm³/mol. The molecule has 0 aliphatic heterocycles. The van der Waals surface area contributed by atoms with Gasteiger partial charge in [0.25, 0.3) is 10.0 Å². The normalized spacial score (nSPS) is 12.7. The summed E-state index contributed by atoms with van der Waals surface area (Å²) in [5.41, 5.74) is 1.01. The minimum absolute atomic E-state index is 0.0194. The van der Waals surface area contributed by atoms with Crippen LogP contribution in [-0.4, -0.2) is 50.9 Å². The lowest BCUT2D eigenvalue weighted by atomic mass is 10.1. The maximum atomic E-state index is 14.1. The van der Waals surface area contributed by atoms with Crippen molar-refractivity contribution in [2.24, 2.45) is 0 Å². The van der Waals surface area contributed by atoms with Gasteiger partial charge in [0.2, 0.25) is 11.8 Å². The Morgan fingerprint density at radius 2 is 1.57 bits per heavy atom. The molecule has 0 radical (unpaired) electrons. The summed E-state index contributed by atoms with van der Waals surface area (Å²) < 4.78 is 34.0. The molecule has 2 atom stereocenters. The van der Waals surface area contributed by atoms with Crippen LogP contribution in [0.4, 0.5) is 5.69 Å². The molecule has 214 valence electrons. The Hall–Kier alpha value is -3.56. The number of carbonyl (C=O) groups excluding carboxylic acids is 2. The van der Waals surface area contributed by atoms with Crippen molar-refractivity contribution in [2.45, 2.75) is 57.1 Å². The zero-order chi connectivity index (χ0) is 29.3. The Balaban J connectivity index is 2.07. The SMILES string of the molecule is CC[C@@H](C)NC(=O)[C@@H](CC)N(Cc1ccccc1)C(=O)CN(c1ccc(OC)c(Cl)c1)S(=O)(=O)c1ccccc1. The van der Waals surface area contributed by atoms with Gasteiger partial charge in [-0.15, -0.1) is 0 Å². The highest BCUT2D eigenvalue weighted by atomic mass is 35.5. The summed E-state index contributed by atoms with van der Waals surface area (Å²) in [6, 6.07) is 20.8. The van der Waals surface area contributed by atoms with E-state index in [1.807, 2.05) is 51.1 Å². The van der Waals surface area contributed by atoms with E-state index in [2.05, 4.69) is 5.32 Å². The number of hydrogen-bond acceptors (Lipinski definition) is 5. The molecule has 0 saturated heterocycles. The van der Waals surface area contributed by atoms with Crippen LogP contribution >= 0.6 is 11.6 Å². The van der Waals surface area contributed by atoms with Crippen LogP contribution in [0.15, 0.2) is 83.8 Å². The van der Waals surface area contributed by atoms with Crippen LogP contribution in [0.25, 0.3) is 0 Å². The molecule has 0 heterocycles. The van der Waals surface area contributed by atoms with Gasteiger partial charge < -0.3 is 15.0 Å². The van der Waals surface area contributed by atoms with Crippen molar-refractivity contribution in [3.63, 3.8) is 0 Å². The third kappa shape index (κ3) is 7.55. The Labute approximate surface area is 241 Å². The third-order valence-electron chi connectivity index (χ3n) is 6.62. The number of nitrogens with one attached hydrogen (secondary N) is 1. The zero-order valence-electron chi connectivity index (χ0n) is 23.2. The molecule has 0 aliphatic rings. The number of rotatable bonds is 13. The zero-order valence-corrected chi connectivity index (χ0v) is 24.8. The summed E-state index contributed by atoms with van der Waals surface area (Å²) in [6.07, 6.45) is 1.08. The number of benzene rings is 3. The van der Waals surface area contributed by atoms with Crippen molar-refractivity contribution in [3.8, 4) is 5.75 Å². The quantitative estimate of drug-likeness (QED) is 0.295. The highest BCUT2D eigenvalue weighted by Crippen LogP contribution is 2.32. The minimum Gasteiger partial charge on any atom is -0.495 e. The fourth-order valence-corrected chi connectivity index (χ4v) is 5.88. The first kappa shape index (κ1) is 31.0. The standard InChI is InChI=1S/C30H36ClN3O5S/c1-5-22(3)32-30(36)27(6-2)33(20-23-13-9-7-10-14-23)29(35)21-34(24-17-18-28(39-4)26(31)19-24)40(37,38)25-15-11-8-12-16-25/h7-19,22,27H,5-6,20-21H2,1-4H3,(H,32,36)/t22-,27-/m1/s1. The van der Waals surface area contributed by atoms with E-state index in [0.717, 1.165) is 16.3 Å². The molecule has 0 spiro atoms. The third-order valence-corrected chi connectivity index (χ3v) is 8.70. The van der Waals surface area contributed by atoms with Crippen molar-refractivity contribution in [3.05, 3.63) is 89.4 Å². The highest BCUT2D eigenvalue weighted by molar-refractivity contribution is 7.92. The second-order valence-electron chi connectivity index (χ2n) is 9.39. The van der Waals surface area contributed by atoms with Crippen LogP contribution in [0.1, 0.15) is 39.2 Å². The average molecular weight is 586 g/mol. The number of halogens is 1. The molecular weight excluding hydrogens is 550 g/mol. The van der Waals surface area contributed by atoms with Crippen LogP contribution in [0.3, 0.4) is 0 Å². The van der Waals surface area contributed by atoms with Crippen LogP contribution in [0.5, 0.6) is 5.75 Å². The van der Waals surface area contributed by atoms with Gasteiger partial charge in [0, 0.05) is 12.6 Å². The van der Waals surface area contributed by atoms with Crippen molar-refractivity contribution in [1.29, 1.82) is 0 Å². The lowest BCUT2D eigenvalue weighted by Crippen LogP contribution is -2.53. The van der Waals surface area contributed by atoms with Crippen LogP contribution in [-0.2, 0) is 26.2 Å². The van der Waals surface area contributed by atoms with Gasteiger partial charge in [-0.05, 0) is 55.7 Å². The first-order chi connectivity index (χ1) is 19.1. The second kappa shape index (κ2) is 14.2. The number of sulfonamides is 1. The summed E-state index contributed by atoms with van der Waals surface area (Å²) in [5, 5.41) is 3.16. The van der Waals surface area contributed by atoms with Gasteiger partial charge >= 0.3 is 0 Å². The van der Waals surface area contributed by atoms with E-state index >= 15 is 0 Å². The van der Waals surface area contributed by atoms with Crippen molar-refractivity contribution in [1.82, 2.24) is 10.2 Å². The summed E-state index contributed by atoms with van der Waals surface area (Å²) in [4.78, 5) is 28.8. The molecule has 0 fully saturated rings. The number of amides is 2. The Kier molecular flexibility index (Phi) is 11.0. The molecule has 2 amide bonds. The minimum atomic E-state index is -4.18. The molecular formula is C30H36ClN3O5S. The summed E-state index contributed by atoms with van der Waals surface area (Å²) in [7, 11) is -2.72. The number of nitrogens with zero attached hydrogens (tertiary/aromatic N) is 2. The molecule has 3 aromatic rings. The Bertz CT molecular complexity index is 1390. The number of anilines is 1. The average Bonchev–Trinajstić information content (AvgIpc) is 2.96. The highest BCUT2D eigenvalue weighted by Gasteiger charge is 2.34. The molecule has 8 nitrogen and oxygen atoms in total. The molecule has 0 unspecified atom stereocenters. The number of carbonyl (C=O) groups is 2. The first-order valence-electron chi connectivity index (χ1n) is 13.2. The fourth-order valence-electron chi connectivity index (χ4n) is 4.20. The number of ether oxygens (including phenoxy) is 1. The fraction of sp³-hybridized carbons (Fsp3) is 0.333. The maximum absolute atomic E-state index is 14.1. The number of methoxy groups -OCH3 is 1.